The van der Waals surface area contributed by atoms with Crippen molar-refractivity contribution in [2.45, 2.75) is 13.2 Å². The van der Waals surface area contributed by atoms with E-state index in [0.717, 1.165) is 13.0 Å². The summed E-state index contributed by atoms with van der Waals surface area (Å²) in [6.45, 7) is 2.61. The van der Waals surface area contributed by atoms with Crippen LogP contribution in [0.25, 0.3) is 0 Å². The van der Waals surface area contributed by atoms with Gasteiger partial charge in [0.25, 0.3) is 0 Å². The Kier molecular flexibility index (Phi) is 5.25. The molecule has 9 heavy (non-hydrogen) atoms. The van der Waals surface area contributed by atoms with Crippen LogP contribution in [0.2, 0.25) is 6.82 Å². The summed E-state index contributed by atoms with van der Waals surface area (Å²) in [5, 5.41) is 8.93. The van der Waals surface area contributed by atoms with Gasteiger partial charge in [0.15, 0.2) is 0 Å². The number of rotatable bonds is 4. The highest BCUT2D eigenvalue weighted by Crippen LogP contribution is 1.90. The topological polar surface area (TPSA) is 23.5 Å². The van der Waals surface area contributed by atoms with Gasteiger partial charge in [0.1, 0.15) is 0 Å². The van der Waals surface area contributed by atoms with Crippen molar-refractivity contribution in [3.8, 4) is 0 Å². The minimum atomic E-state index is -0.354. The van der Waals surface area contributed by atoms with Gasteiger partial charge < -0.3 is 9.83 Å². The minimum Gasteiger partial charge on any atom is -0.437 e. The first-order valence-corrected chi connectivity index (χ1v) is 3.66. The molecule has 0 saturated heterocycles. The van der Waals surface area contributed by atoms with E-state index >= 15 is 0 Å². The molecule has 0 atom stereocenters. The third kappa shape index (κ3) is 4.76. The van der Waals surface area contributed by atoms with Crippen LogP contribution in [0.4, 0.5) is 0 Å². The first-order chi connectivity index (χ1) is 4.18. The summed E-state index contributed by atoms with van der Waals surface area (Å²) < 4.78 is 0. The largest absolute Gasteiger partial charge is 0.437 e. The molecule has 0 aliphatic rings. The van der Waals surface area contributed by atoms with Crippen LogP contribution in [-0.2, 0) is 0 Å². The van der Waals surface area contributed by atoms with Crippen molar-refractivity contribution in [1.82, 2.24) is 4.81 Å². The Morgan fingerprint density at radius 2 is 2.22 bits per heavy atom. The Morgan fingerprint density at radius 1 is 1.67 bits per heavy atom. The molecular formula is C5H13BClNO. The number of alkyl halides is 1. The van der Waals surface area contributed by atoms with E-state index in [9.17, 15) is 0 Å². The second kappa shape index (κ2) is 5.09. The highest BCUT2D eigenvalue weighted by atomic mass is 35.5. The second-order valence-corrected chi connectivity index (χ2v) is 2.53. The molecule has 0 aliphatic carbocycles. The zero-order chi connectivity index (χ0) is 7.28. The van der Waals surface area contributed by atoms with Gasteiger partial charge in [-0.05, 0) is 26.8 Å². The lowest BCUT2D eigenvalue weighted by Gasteiger charge is -2.15. The first-order valence-electron chi connectivity index (χ1n) is 3.12. The molecule has 54 valence electrons. The molecule has 0 spiro atoms. The summed E-state index contributed by atoms with van der Waals surface area (Å²) in [6.07, 6.45) is 0.933. The summed E-state index contributed by atoms with van der Waals surface area (Å²) in [4.78, 5) is 1.85. The van der Waals surface area contributed by atoms with Gasteiger partial charge in [0.2, 0.25) is 0 Å². The van der Waals surface area contributed by atoms with Gasteiger partial charge in [0, 0.05) is 5.88 Å². The van der Waals surface area contributed by atoms with Crippen molar-refractivity contribution >= 4 is 18.7 Å². The molecule has 2 nitrogen and oxygen atoms in total. The van der Waals surface area contributed by atoms with Crippen LogP contribution < -0.4 is 0 Å². The second-order valence-electron chi connectivity index (χ2n) is 2.16. The molecule has 0 radical (unpaired) electrons. The lowest BCUT2D eigenvalue weighted by Crippen LogP contribution is -2.34. The van der Waals surface area contributed by atoms with E-state index in [2.05, 4.69) is 0 Å². The maximum Gasteiger partial charge on any atom is 0.376 e. The zero-order valence-corrected chi connectivity index (χ0v) is 6.73. The Bertz CT molecular complexity index is 72.0. The van der Waals surface area contributed by atoms with E-state index in [1.807, 2.05) is 11.9 Å². The number of halogens is 1. The summed E-state index contributed by atoms with van der Waals surface area (Å²) in [5.41, 5.74) is 0. The molecule has 0 unspecified atom stereocenters. The fourth-order valence-electron chi connectivity index (χ4n) is 0.496. The minimum absolute atomic E-state index is 0.354. The van der Waals surface area contributed by atoms with Gasteiger partial charge in [-0.25, -0.2) is 0 Å². The van der Waals surface area contributed by atoms with Gasteiger partial charge in [-0.3, -0.25) is 0 Å². The molecule has 0 amide bonds. The van der Waals surface area contributed by atoms with Crippen LogP contribution in [0, 0.1) is 0 Å². The van der Waals surface area contributed by atoms with Crippen LogP contribution in [-0.4, -0.2) is 36.4 Å². The van der Waals surface area contributed by atoms with Gasteiger partial charge in [-0.2, -0.15) is 0 Å². The Balaban J connectivity index is 3.16. The standard InChI is InChI=1S/C5H13BClNO/c1-6(9)8(2)5-3-4-7/h9H,3-5H2,1-2H3. The molecule has 4 heteroatoms. The number of hydrogen-bond acceptors (Lipinski definition) is 2. The molecule has 0 saturated carbocycles. The molecule has 0 aromatic carbocycles. The van der Waals surface area contributed by atoms with E-state index in [1.165, 1.54) is 0 Å². The van der Waals surface area contributed by atoms with E-state index in [1.54, 1.807) is 6.82 Å². The highest BCUT2D eigenvalue weighted by Gasteiger charge is 2.08. The normalized spacial score (nSPS) is 10.3. The molecule has 0 aromatic rings. The van der Waals surface area contributed by atoms with Crippen molar-refractivity contribution in [2.24, 2.45) is 0 Å². The predicted molar refractivity (Wildman–Crippen MR) is 41.8 cm³/mol. The highest BCUT2D eigenvalue weighted by molar-refractivity contribution is 6.45. The maximum absolute atomic E-state index is 8.93. The fraction of sp³-hybridized carbons (Fsp3) is 1.00. The van der Waals surface area contributed by atoms with Crippen LogP contribution in [0.1, 0.15) is 6.42 Å². The summed E-state index contributed by atoms with van der Waals surface area (Å²) in [6, 6.07) is 0. The maximum atomic E-state index is 8.93. The number of hydrogen-bond donors (Lipinski definition) is 1. The quantitative estimate of drug-likeness (QED) is 0.469. The molecule has 1 N–H and O–H groups in total. The average Bonchev–Trinajstić information content (AvgIpc) is 1.82. The molecule has 0 aliphatic heterocycles. The van der Waals surface area contributed by atoms with Crippen molar-refractivity contribution in [2.75, 3.05) is 19.5 Å². The molecule has 0 bridgehead atoms. The Morgan fingerprint density at radius 3 is 2.56 bits per heavy atom. The third-order valence-electron chi connectivity index (χ3n) is 1.28. The molecule has 0 fully saturated rings. The van der Waals surface area contributed by atoms with Crippen LogP contribution in [0.5, 0.6) is 0 Å². The Labute approximate surface area is 61.9 Å². The molecule has 0 heterocycles. The molecular weight excluding hydrogens is 136 g/mol. The van der Waals surface area contributed by atoms with Gasteiger partial charge in [0.05, 0.1) is 0 Å². The van der Waals surface area contributed by atoms with Crippen LogP contribution >= 0.6 is 11.6 Å². The third-order valence-corrected chi connectivity index (χ3v) is 1.55. The van der Waals surface area contributed by atoms with Gasteiger partial charge in [-0.15, -0.1) is 11.6 Å². The lowest BCUT2D eigenvalue weighted by molar-refractivity contribution is 0.419. The fourth-order valence-corrected chi connectivity index (χ4v) is 0.616. The average molecular weight is 149 g/mol. The molecule has 0 rings (SSSR count). The van der Waals surface area contributed by atoms with Crippen molar-refractivity contribution in [3.05, 3.63) is 0 Å². The van der Waals surface area contributed by atoms with Crippen LogP contribution in [0.15, 0.2) is 0 Å². The summed E-state index contributed by atoms with van der Waals surface area (Å²) in [5.74, 6) is 0.664. The van der Waals surface area contributed by atoms with E-state index in [-0.39, 0.29) is 7.05 Å². The van der Waals surface area contributed by atoms with Crippen molar-refractivity contribution in [1.29, 1.82) is 0 Å². The smallest absolute Gasteiger partial charge is 0.376 e. The predicted octanol–water partition coefficient (Wildman–Crippen LogP) is 0.657. The lowest BCUT2D eigenvalue weighted by atomic mass is 9.86. The number of nitrogens with zero attached hydrogens (tertiary/aromatic N) is 1. The van der Waals surface area contributed by atoms with Crippen molar-refractivity contribution < 1.29 is 5.02 Å². The summed E-state index contributed by atoms with van der Waals surface area (Å²) in [7, 11) is 1.52. The summed E-state index contributed by atoms with van der Waals surface area (Å²) >= 11 is 5.44. The van der Waals surface area contributed by atoms with E-state index < -0.39 is 0 Å². The monoisotopic (exact) mass is 149 g/mol. The zero-order valence-electron chi connectivity index (χ0n) is 5.97. The van der Waals surface area contributed by atoms with Crippen LogP contribution in [0.3, 0.4) is 0 Å². The molecule has 0 aromatic heterocycles. The first kappa shape index (κ1) is 9.27. The van der Waals surface area contributed by atoms with Gasteiger partial charge >= 0.3 is 7.05 Å². The SMILES string of the molecule is CB(O)N(C)CCCCl. The Hall–Kier alpha value is 0.275. The van der Waals surface area contributed by atoms with Crippen molar-refractivity contribution in [3.63, 3.8) is 0 Å². The van der Waals surface area contributed by atoms with Gasteiger partial charge in [-0.1, -0.05) is 0 Å². The van der Waals surface area contributed by atoms with E-state index in [4.69, 9.17) is 16.6 Å². The van der Waals surface area contributed by atoms with E-state index in [0.29, 0.717) is 5.88 Å².